The van der Waals surface area contributed by atoms with Crippen molar-refractivity contribution in [2.45, 2.75) is 36.8 Å². The molecule has 0 saturated carbocycles. The van der Waals surface area contributed by atoms with E-state index in [1.165, 1.54) is 0 Å². The number of rotatable bonds is 0. The van der Waals surface area contributed by atoms with Gasteiger partial charge in [0.25, 0.3) is 0 Å². The van der Waals surface area contributed by atoms with E-state index in [0.717, 1.165) is 0 Å². The molecule has 1 aliphatic rings. The van der Waals surface area contributed by atoms with Crippen molar-refractivity contribution in [3.8, 4) is 0 Å². The number of ether oxygens (including phenoxy) is 1. The molecule has 11 heavy (non-hydrogen) atoms. The number of hydrogen-bond donors (Lipinski definition) is 4. The average Bonchev–Trinajstić information content (AvgIpc) is 1.97. The Labute approximate surface area is 70.2 Å². The van der Waals surface area contributed by atoms with Gasteiger partial charge in [0.1, 0.15) is 6.10 Å². The van der Waals surface area contributed by atoms with Crippen molar-refractivity contribution in [2.75, 3.05) is 0 Å². The molecule has 5 heteroatoms. The normalized spacial score (nSPS) is 52.6. The van der Waals surface area contributed by atoms with Crippen LogP contribution >= 0.6 is 12.6 Å². The molecule has 1 heterocycles. The van der Waals surface area contributed by atoms with Crippen molar-refractivity contribution in [1.82, 2.24) is 0 Å². The third kappa shape index (κ3) is 1.68. The molecule has 4 nitrogen and oxygen atoms in total. The van der Waals surface area contributed by atoms with Crippen LogP contribution < -0.4 is 0 Å². The van der Waals surface area contributed by atoms with Crippen LogP contribution in [0.15, 0.2) is 0 Å². The fourth-order valence-electron chi connectivity index (χ4n) is 1.03. The maximum Gasteiger partial charge on any atom is 0.183 e. The first-order valence-corrected chi connectivity index (χ1v) is 3.93. The van der Waals surface area contributed by atoms with E-state index in [9.17, 15) is 5.11 Å². The van der Waals surface area contributed by atoms with Gasteiger partial charge in [-0.2, -0.15) is 12.6 Å². The van der Waals surface area contributed by atoms with Gasteiger partial charge in [0.05, 0.1) is 17.5 Å². The number of aliphatic hydroxyl groups is 3. The van der Waals surface area contributed by atoms with Crippen LogP contribution in [0.4, 0.5) is 0 Å². The number of hydrogen-bond acceptors (Lipinski definition) is 5. The van der Waals surface area contributed by atoms with E-state index in [4.69, 9.17) is 14.9 Å². The van der Waals surface area contributed by atoms with Gasteiger partial charge in [0.2, 0.25) is 0 Å². The van der Waals surface area contributed by atoms with Crippen LogP contribution in [0.2, 0.25) is 0 Å². The molecular weight excluding hydrogens is 168 g/mol. The van der Waals surface area contributed by atoms with E-state index < -0.39 is 23.7 Å². The van der Waals surface area contributed by atoms with Crippen LogP contribution in [0.1, 0.15) is 6.92 Å². The van der Waals surface area contributed by atoms with Crippen LogP contribution in [0, 0.1) is 0 Å². The van der Waals surface area contributed by atoms with Gasteiger partial charge in [-0.05, 0) is 6.92 Å². The lowest BCUT2D eigenvalue weighted by atomic mass is 10.0. The highest BCUT2D eigenvalue weighted by Gasteiger charge is 2.39. The Morgan fingerprint density at radius 2 is 1.73 bits per heavy atom. The van der Waals surface area contributed by atoms with E-state index in [-0.39, 0.29) is 6.10 Å². The molecule has 0 amide bonds. The summed E-state index contributed by atoms with van der Waals surface area (Å²) in [7, 11) is 0. The summed E-state index contributed by atoms with van der Waals surface area (Å²) in [5.41, 5.74) is 0. The molecule has 0 radical (unpaired) electrons. The van der Waals surface area contributed by atoms with E-state index in [1.54, 1.807) is 6.92 Å². The quantitative estimate of drug-likeness (QED) is 0.351. The zero-order valence-electron chi connectivity index (χ0n) is 6.08. The van der Waals surface area contributed by atoms with Crippen molar-refractivity contribution in [1.29, 1.82) is 0 Å². The highest BCUT2D eigenvalue weighted by Crippen LogP contribution is 2.22. The molecule has 1 aliphatic heterocycles. The van der Waals surface area contributed by atoms with E-state index in [0.29, 0.717) is 0 Å². The Morgan fingerprint density at radius 3 is 2.27 bits per heavy atom. The summed E-state index contributed by atoms with van der Waals surface area (Å²) >= 11 is 4.00. The topological polar surface area (TPSA) is 69.9 Å². The molecule has 0 aromatic heterocycles. The van der Waals surface area contributed by atoms with Gasteiger partial charge in [-0.15, -0.1) is 0 Å². The fourth-order valence-corrected chi connectivity index (χ4v) is 1.28. The van der Waals surface area contributed by atoms with Gasteiger partial charge >= 0.3 is 0 Å². The summed E-state index contributed by atoms with van der Waals surface area (Å²) in [5.74, 6) is 0. The third-order valence-electron chi connectivity index (χ3n) is 1.83. The van der Waals surface area contributed by atoms with Crippen molar-refractivity contribution >= 4 is 12.6 Å². The minimum Gasteiger partial charge on any atom is -0.389 e. The van der Waals surface area contributed by atoms with Crippen LogP contribution in [0.5, 0.6) is 0 Å². The molecular formula is C6H12O4S. The molecule has 0 aromatic carbocycles. The molecule has 5 atom stereocenters. The maximum absolute atomic E-state index is 9.22. The molecule has 0 aromatic rings. The summed E-state index contributed by atoms with van der Waals surface area (Å²) in [6.45, 7) is 1.68. The van der Waals surface area contributed by atoms with Crippen molar-refractivity contribution in [3.05, 3.63) is 0 Å². The summed E-state index contributed by atoms with van der Waals surface area (Å²) in [5, 5.41) is 26.8. The Kier molecular flexibility index (Phi) is 2.77. The first-order chi connectivity index (χ1) is 5.04. The monoisotopic (exact) mass is 180 g/mol. The van der Waals surface area contributed by atoms with Crippen LogP contribution in [0.3, 0.4) is 0 Å². The molecule has 1 rings (SSSR count). The average molecular weight is 180 g/mol. The Morgan fingerprint density at radius 1 is 1.18 bits per heavy atom. The van der Waals surface area contributed by atoms with Gasteiger partial charge in [-0.3, -0.25) is 0 Å². The first-order valence-electron chi connectivity index (χ1n) is 3.41. The predicted molar refractivity (Wildman–Crippen MR) is 41.3 cm³/mol. The van der Waals surface area contributed by atoms with Crippen LogP contribution in [-0.4, -0.2) is 45.2 Å². The minimum absolute atomic E-state index is 0.355. The molecule has 66 valence electrons. The number of thiol groups is 1. The summed E-state index contributed by atoms with van der Waals surface area (Å²) in [4.78, 5) is 0. The molecule has 0 spiro atoms. The highest BCUT2D eigenvalue weighted by atomic mass is 32.1. The SMILES string of the molecule is C[C@H]1O[C@H](O)[C@H](O)[C@@H](O)[C@H]1S. The second-order valence-corrected chi connectivity index (χ2v) is 3.30. The largest absolute Gasteiger partial charge is 0.389 e. The fraction of sp³-hybridized carbons (Fsp3) is 1.00. The van der Waals surface area contributed by atoms with Gasteiger partial charge in [-0.25, -0.2) is 0 Å². The van der Waals surface area contributed by atoms with Crippen molar-refractivity contribution in [3.63, 3.8) is 0 Å². The van der Waals surface area contributed by atoms with Crippen LogP contribution in [0.25, 0.3) is 0 Å². The summed E-state index contributed by atoms with van der Waals surface area (Å²) in [6.07, 6.45) is -3.94. The first kappa shape index (κ1) is 9.28. The smallest absolute Gasteiger partial charge is 0.183 e. The Bertz CT molecular complexity index is 129. The lowest BCUT2D eigenvalue weighted by Crippen LogP contribution is -2.54. The molecule has 0 unspecified atom stereocenters. The lowest BCUT2D eigenvalue weighted by molar-refractivity contribution is -0.239. The van der Waals surface area contributed by atoms with E-state index in [2.05, 4.69) is 12.6 Å². The predicted octanol–water partition coefficient (Wildman–Crippen LogP) is -1.26. The maximum atomic E-state index is 9.22. The zero-order valence-corrected chi connectivity index (χ0v) is 6.98. The molecule has 1 fully saturated rings. The summed E-state index contributed by atoms with van der Waals surface area (Å²) in [6, 6.07) is 0. The molecule has 1 saturated heterocycles. The van der Waals surface area contributed by atoms with Crippen molar-refractivity contribution < 1.29 is 20.1 Å². The van der Waals surface area contributed by atoms with Gasteiger partial charge in [-0.1, -0.05) is 0 Å². The Balaban J connectivity index is 2.63. The minimum atomic E-state index is -1.30. The van der Waals surface area contributed by atoms with E-state index >= 15 is 0 Å². The summed E-state index contributed by atoms with van der Waals surface area (Å²) < 4.78 is 4.85. The third-order valence-corrected chi connectivity index (χ3v) is 2.55. The van der Waals surface area contributed by atoms with Gasteiger partial charge < -0.3 is 20.1 Å². The van der Waals surface area contributed by atoms with Gasteiger partial charge in [0, 0.05) is 0 Å². The molecule has 0 aliphatic carbocycles. The molecule has 3 N–H and O–H groups in total. The number of aliphatic hydroxyl groups excluding tert-OH is 3. The lowest BCUT2D eigenvalue weighted by Gasteiger charge is -2.37. The standard InChI is InChI=1S/C6H12O4S/c1-2-5(11)3(7)4(8)6(9)10-2/h2-9,11H,1H3/t2-,3-,4-,5+,6+/m1/s1. The second-order valence-electron chi connectivity index (χ2n) is 2.70. The molecule has 0 bridgehead atoms. The Hall–Kier alpha value is 0.190. The second kappa shape index (κ2) is 3.28. The van der Waals surface area contributed by atoms with Gasteiger partial charge in [0.15, 0.2) is 6.29 Å². The zero-order chi connectivity index (χ0) is 8.59. The van der Waals surface area contributed by atoms with E-state index in [1.807, 2.05) is 0 Å². The highest BCUT2D eigenvalue weighted by molar-refractivity contribution is 7.81. The van der Waals surface area contributed by atoms with Crippen molar-refractivity contribution in [2.24, 2.45) is 0 Å². The van der Waals surface area contributed by atoms with Crippen LogP contribution in [-0.2, 0) is 4.74 Å².